The van der Waals surface area contributed by atoms with Gasteiger partial charge in [0.15, 0.2) is 11.8 Å². The van der Waals surface area contributed by atoms with Gasteiger partial charge in [-0.1, -0.05) is 5.16 Å². The summed E-state index contributed by atoms with van der Waals surface area (Å²) < 4.78 is 11.1. The maximum atomic E-state index is 5.91. The molecule has 1 aromatic rings. The van der Waals surface area contributed by atoms with Gasteiger partial charge in [-0.15, -0.1) is 0 Å². The lowest BCUT2D eigenvalue weighted by atomic mass is 10.2. The van der Waals surface area contributed by atoms with Crippen molar-refractivity contribution in [1.82, 2.24) is 20.8 Å². The SMILES string of the molecule is CCNC(=NC[C@H]1CC[C@@H](c2nc(C)no2)O1)NCC. The van der Waals surface area contributed by atoms with E-state index >= 15 is 0 Å². The summed E-state index contributed by atoms with van der Waals surface area (Å²) in [4.78, 5) is 8.74. The average Bonchev–Trinajstić information content (AvgIpc) is 3.05. The molecule has 0 saturated carbocycles. The molecule has 0 radical (unpaired) electrons. The van der Waals surface area contributed by atoms with Gasteiger partial charge in [0.25, 0.3) is 5.89 Å². The fraction of sp³-hybridized carbons (Fsp3) is 0.769. The van der Waals surface area contributed by atoms with E-state index in [1.165, 1.54) is 0 Å². The number of aliphatic imine (C=N–C) groups is 1. The Morgan fingerprint density at radius 1 is 1.30 bits per heavy atom. The van der Waals surface area contributed by atoms with E-state index in [-0.39, 0.29) is 12.2 Å². The largest absolute Gasteiger partial charge is 0.363 e. The summed E-state index contributed by atoms with van der Waals surface area (Å²) >= 11 is 0. The van der Waals surface area contributed by atoms with Crippen molar-refractivity contribution in [2.24, 2.45) is 4.99 Å². The van der Waals surface area contributed by atoms with Gasteiger partial charge in [-0.05, 0) is 33.6 Å². The lowest BCUT2D eigenvalue weighted by Gasteiger charge is -2.12. The van der Waals surface area contributed by atoms with Crippen LogP contribution in [-0.4, -0.2) is 41.8 Å². The summed E-state index contributed by atoms with van der Waals surface area (Å²) in [5.41, 5.74) is 0. The highest BCUT2D eigenvalue weighted by Gasteiger charge is 2.30. The maximum absolute atomic E-state index is 5.91. The number of aromatic nitrogens is 2. The minimum Gasteiger partial charge on any atom is -0.363 e. The van der Waals surface area contributed by atoms with E-state index in [9.17, 15) is 0 Å². The van der Waals surface area contributed by atoms with Crippen molar-refractivity contribution in [2.75, 3.05) is 19.6 Å². The van der Waals surface area contributed by atoms with Crippen LogP contribution in [0.15, 0.2) is 9.52 Å². The predicted molar refractivity (Wildman–Crippen MR) is 75.5 cm³/mol. The summed E-state index contributed by atoms with van der Waals surface area (Å²) in [6.07, 6.45) is 1.89. The molecule has 2 N–H and O–H groups in total. The van der Waals surface area contributed by atoms with Crippen LogP contribution < -0.4 is 10.6 Å². The smallest absolute Gasteiger partial charge is 0.255 e. The molecule has 1 saturated heterocycles. The number of nitrogens with one attached hydrogen (secondary N) is 2. The third-order valence-corrected chi connectivity index (χ3v) is 3.07. The number of ether oxygens (including phenoxy) is 1. The number of hydrogen-bond donors (Lipinski definition) is 2. The average molecular weight is 281 g/mol. The van der Waals surface area contributed by atoms with E-state index in [1.54, 1.807) is 0 Å². The number of aryl methyl sites for hydroxylation is 1. The van der Waals surface area contributed by atoms with E-state index < -0.39 is 0 Å². The zero-order chi connectivity index (χ0) is 14.4. The Balaban J connectivity index is 1.85. The van der Waals surface area contributed by atoms with Crippen LogP contribution in [0, 0.1) is 6.92 Å². The Labute approximate surface area is 119 Å². The van der Waals surface area contributed by atoms with Crippen molar-refractivity contribution in [1.29, 1.82) is 0 Å². The van der Waals surface area contributed by atoms with Gasteiger partial charge >= 0.3 is 0 Å². The highest BCUT2D eigenvalue weighted by Crippen LogP contribution is 2.31. The third kappa shape index (κ3) is 3.93. The van der Waals surface area contributed by atoms with Crippen LogP contribution in [0.5, 0.6) is 0 Å². The zero-order valence-electron chi connectivity index (χ0n) is 12.3. The molecule has 2 atom stereocenters. The molecule has 0 aliphatic carbocycles. The third-order valence-electron chi connectivity index (χ3n) is 3.07. The van der Waals surface area contributed by atoms with Crippen LogP contribution in [0.2, 0.25) is 0 Å². The first-order valence-corrected chi connectivity index (χ1v) is 7.20. The predicted octanol–water partition coefficient (Wildman–Crippen LogP) is 1.17. The maximum Gasteiger partial charge on any atom is 0.255 e. The van der Waals surface area contributed by atoms with E-state index in [0.717, 1.165) is 31.9 Å². The normalized spacial score (nSPS) is 21.8. The number of hydrogen-bond acceptors (Lipinski definition) is 5. The minimum absolute atomic E-state index is 0.0851. The molecule has 1 fully saturated rings. The first kappa shape index (κ1) is 14.8. The van der Waals surface area contributed by atoms with Gasteiger partial charge in [-0.3, -0.25) is 4.99 Å². The van der Waals surface area contributed by atoms with Gasteiger partial charge in [0.1, 0.15) is 6.10 Å². The van der Waals surface area contributed by atoms with Gasteiger partial charge in [0, 0.05) is 13.1 Å². The molecule has 20 heavy (non-hydrogen) atoms. The standard InChI is InChI=1S/C13H23N5O2/c1-4-14-13(15-5-2)16-8-10-6-7-11(19-10)12-17-9(3)18-20-12/h10-11H,4-8H2,1-3H3,(H2,14,15,16)/t10-,11+/m1/s1. The molecule has 112 valence electrons. The van der Waals surface area contributed by atoms with E-state index in [0.29, 0.717) is 18.3 Å². The second-order valence-corrected chi connectivity index (χ2v) is 4.75. The number of nitrogens with zero attached hydrogens (tertiary/aromatic N) is 3. The fourth-order valence-corrected chi connectivity index (χ4v) is 2.17. The van der Waals surface area contributed by atoms with E-state index in [4.69, 9.17) is 9.26 Å². The number of rotatable bonds is 5. The van der Waals surface area contributed by atoms with Gasteiger partial charge in [0.05, 0.1) is 12.6 Å². The first-order chi connectivity index (χ1) is 9.72. The number of guanidine groups is 1. The molecule has 0 unspecified atom stereocenters. The Morgan fingerprint density at radius 2 is 2.05 bits per heavy atom. The quantitative estimate of drug-likeness (QED) is 0.622. The summed E-state index contributed by atoms with van der Waals surface area (Å²) in [6, 6.07) is 0. The topological polar surface area (TPSA) is 84.6 Å². The molecule has 1 aromatic heterocycles. The van der Waals surface area contributed by atoms with Gasteiger partial charge in [-0.2, -0.15) is 4.98 Å². The highest BCUT2D eigenvalue weighted by molar-refractivity contribution is 5.79. The molecule has 1 aliphatic rings. The molecule has 0 spiro atoms. The second-order valence-electron chi connectivity index (χ2n) is 4.75. The lowest BCUT2D eigenvalue weighted by molar-refractivity contribution is 0.0308. The van der Waals surface area contributed by atoms with Gasteiger partial charge < -0.3 is 19.9 Å². The monoisotopic (exact) mass is 281 g/mol. The van der Waals surface area contributed by atoms with Crippen molar-refractivity contribution >= 4 is 5.96 Å². The highest BCUT2D eigenvalue weighted by atomic mass is 16.5. The van der Waals surface area contributed by atoms with Gasteiger partial charge in [-0.25, -0.2) is 0 Å². The Hall–Kier alpha value is -1.63. The van der Waals surface area contributed by atoms with E-state index in [2.05, 4.69) is 25.8 Å². The molecule has 0 aromatic carbocycles. The summed E-state index contributed by atoms with van der Waals surface area (Å²) in [7, 11) is 0. The van der Waals surface area contributed by atoms with Crippen molar-refractivity contribution in [2.45, 2.75) is 45.8 Å². The molecular formula is C13H23N5O2. The molecular weight excluding hydrogens is 258 g/mol. The summed E-state index contributed by atoms with van der Waals surface area (Å²) in [5.74, 6) is 2.05. The van der Waals surface area contributed by atoms with Crippen LogP contribution >= 0.6 is 0 Å². The van der Waals surface area contributed by atoms with Crippen LogP contribution in [0.4, 0.5) is 0 Å². The molecule has 0 amide bonds. The molecule has 7 heteroatoms. The van der Waals surface area contributed by atoms with Crippen molar-refractivity contribution in [3.63, 3.8) is 0 Å². The van der Waals surface area contributed by atoms with Gasteiger partial charge in [0.2, 0.25) is 0 Å². The van der Waals surface area contributed by atoms with Crippen LogP contribution in [0.3, 0.4) is 0 Å². The molecule has 7 nitrogen and oxygen atoms in total. The molecule has 2 heterocycles. The molecule has 2 rings (SSSR count). The Morgan fingerprint density at radius 3 is 2.65 bits per heavy atom. The van der Waals surface area contributed by atoms with Crippen LogP contribution in [-0.2, 0) is 4.74 Å². The Kier molecular flexibility index (Phi) is 5.34. The molecule has 0 bridgehead atoms. The second kappa shape index (κ2) is 7.23. The van der Waals surface area contributed by atoms with E-state index in [1.807, 2.05) is 20.8 Å². The zero-order valence-corrected chi connectivity index (χ0v) is 12.3. The van der Waals surface area contributed by atoms with Crippen LogP contribution in [0.1, 0.15) is 44.5 Å². The van der Waals surface area contributed by atoms with Crippen molar-refractivity contribution < 1.29 is 9.26 Å². The minimum atomic E-state index is -0.0851. The van der Waals surface area contributed by atoms with Crippen LogP contribution in [0.25, 0.3) is 0 Å². The summed E-state index contributed by atoms with van der Waals surface area (Å²) in [6.45, 7) is 8.24. The first-order valence-electron chi connectivity index (χ1n) is 7.20. The lowest BCUT2D eigenvalue weighted by Crippen LogP contribution is -2.37. The summed E-state index contributed by atoms with van der Waals surface area (Å²) in [5, 5.41) is 10.2. The fourth-order valence-electron chi connectivity index (χ4n) is 2.17. The van der Waals surface area contributed by atoms with Crippen molar-refractivity contribution in [3.05, 3.63) is 11.7 Å². The molecule has 1 aliphatic heterocycles. The Bertz CT molecular complexity index is 438. The van der Waals surface area contributed by atoms with Crippen molar-refractivity contribution in [3.8, 4) is 0 Å².